The minimum atomic E-state index is -0.313. The summed E-state index contributed by atoms with van der Waals surface area (Å²) in [5, 5.41) is 8.02. The predicted octanol–water partition coefficient (Wildman–Crippen LogP) is 1.40. The second-order valence-corrected chi connectivity index (χ2v) is 4.40. The highest BCUT2D eigenvalue weighted by molar-refractivity contribution is 5.95. The zero-order valence-corrected chi connectivity index (χ0v) is 11.4. The van der Waals surface area contributed by atoms with Crippen LogP contribution >= 0.6 is 0 Å². The Hall–Kier alpha value is -2.83. The summed E-state index contributed by atoms with van der Waals surface area (Å²) in [4.78, 5) is 12.0. The lowest BCUT2D eigenvalue weighted by Gasteiger charge is -2.01. The first-order chi connectivity index (χ1) is 10.3. The number of nitrogens with one attached hydrogen (secondary N) is 1. The van der Waals surface area contributed by atoms with Gasteiger partial charge in [0.2, 0.25) is 6.79 Å². The van der Waals surface area contributed by atoms with E-state index in [9.17, 15) is 4.79 Å². The van der Waals surface area contributed by atoms with Crippen LogP contribution in [0.4, 0.5) is 0 Å². The zero-order chi connectivity index (χ0) is 14.7. The van der Waals surface area contributed by atoms with Crippen molar-refractivity contribution in [2.24, 2.45) is 5.10 Å². The van der Waals surface area contributed by atoms with Crippen LogP contribution in [0.25, 0.3) is 0 Å². The van der Waals surface area contributed by atoms with Gasteiger partial charge < -0.3 is 9.47 Å². The van der Waals surface area contributed by atoms with E-state index in [2.05, 4.69) is 15.6 Å². The van der Waals surface area contributed by atoms with E-state index in [4.69, 9.17) is 9.47 Å². The molecule has 0 saturated heterocycles. The quantitative estimate of drug-likeness (QED) is 0.680. The molecule has 1 N–H and O–H groups in total. The van der Waals surface area contributed by atoms with Crippen LogP contribution in [0.1, 0.15) is 22.8 Å². The molecule has 0 unspecified atom stereocenters. The van der Waals surface area contributed by atoms with Gasteiger partial charge in [0.05, 0.1) is 12.4 Å². The highest BCUT2D eigenvalue weighted by Crippen LogP contribution is 2.32. The van der Waals surface area contributed by atoms with E-state index >= 15 is 0 Å². The normalized spacial score (nSPS) is 12.8. The Bertz CT molecular complexity index is 693. The van der Waals surface area contributed by atoms with E-state index in [1.54, 1.807) is 35.3 Å². The van der Waals surface area contributed by atoms with Gasteiger partial charge in [0.25, 0.3) is 5.91 Å². The second kappa shape index (κ2) is 5.66. The van der Waals surface area contributed by atoms with E-state index in [0.717, 1.165) is 12.1 Å². The van der Waals surface area contributed by atoms with Crippen molar-refractivity contribution in [2.75, 3.05) is 6.79 Å². The number of amides is 1. The van der Waals surface area contributed by atoms with Crippen LogP contribution in [0.15, 0.2) is 35.7 Å². The molecule has 0 atom stereocenters. The second-order valence-electron chi connectivity index (χ2n) is 4.40. The number of aromatic nitrogens is 2. The SMILES string of the molecule is CCn1cc(/C=N\NC(=O)c2ccc3c(c2)OCO3)cn1. The third-order valence-corrected chi connectivity index (χ3v) is 2.99. The Labute approximate surface area is 121 Å². The largest absolute Gasteiger partial charge is 0.454 e. The number of carbonyl (C=O) groups is 1. The van der Waals surface area contributed by atoms with Crippen molar-refractivity contribution in [1.29, 1.82) is 0 Å². The average molecular weight is 286 g/mol. The van der Waals surface area contributed by atoms with Crippen LogP contribution < -0.4 is 14.9 Å². The number of benzene rings is 1. The number of carbonyl (C=O) groups excluding carboxylic acids is 1. The molecule has 1 amide bonds. The van der Waals surface area contributed by atoms with Crippen LogP contribution in [0.5, 0.6) is 11.5 Å². The maximum absolute atomic E-state index is 12.0. The molecular formula is C14H14N4O3. The Morgan fingerprint density at radius 3 is 3.14 bits per heavy atom. The number of nitrogens with zero attached hydrogens (tertiary/aromatic N) is 3. The van der Waals surface area contributed by atoms with Gasteiger partial charge in [-0.2, -0.15) is 10.2 Å². The first kappa shape index (κ1) is 13.2. The summed E-state index contributed by atoms with van der Waals surface area (Å²) in [6, 6.07) is 4.99. The van der Waals surface area contributed by atoms with Crippen molar-refractivity contribution in [3.8, 4) is 11.5 Å². The molecule has 0 fully saturated rings. The van der Waals surface area contributed by atoms with Gasteiger partial charge in [-0.25, -0.2) is 5.43 Å². The molecular weight excluding hydrogens is 272 g/mol. The minimum Gasteiger partial charge on any atom is -0.454 e. The fourth-order valence-corrected chi connectivity index (χ4v) is 1.89. The Morgan fingerprint density at radius 2 is 2.33 bits per heavy atom. The molecule has 1 aliphatic heterocycles. The molecule has 2 aromatic rings. The summed E-state index contributed by atoms with van der Waals surface area (Å²) in [5.41, 5.74) is 3.74. The van der Waals surface area contributed by atoms with Crippen molar-refractivity contribution in [3.05, 3.63) is 41.7 Å². The minimum absolute atomic E-state index is 0.181. The van der Waals surface area contributed by atoms with E-state index in [-0.39, 0.29) is 12.7 Å². The smallest absolute Gasteiger partial charge is 0.271 e. The zero-order valence-electron chi connectivity index (χ0n) is 11.4. The number of hydrogen-bond acceptors (Lipinski definition) is 5. The lowest BCUT2D eigenvalue weighted by atomic mass is 10.2. The van der Waals surface area contributed by atoms with Crippen molar-refractivity contribution in [1.82, 2.24) is 15.2 Å². The topological polar surface area (TPSA) is 77.7 Å². The molecule has 108 valence electrons. The fourth-order valence-electron chi connectivity index (χ4n) is 1.89. The molecule has 0 saturated carbocycles. The molecule has 21 heavy (non-hydrogen) atoms. The van der Waals surface area contributed by atoms with Crippen LogP contribution in [-0.2, 0) is 6.54 Å². The number of aryl methyl sites for hydroxylation is 1. The molecule has 0 aliphatic carbocycles. The van der Waals surface area contributed by atoms with Crippen molar-refractivity contribution < 1.29 is 14.3 Å². The van der Waals surface area contributed by atoms with Crippen molar-refractivity contribution in [2.45, 2.75) is 13.5 Å². The Kier molecular flexibility index (Phi) is 3.55. The molecule has 2 heterocycles. The number of ether oxygens (including phenoxy) is 2. The van der Waals surface area contributed by atoms with Gasteiger partial charge in [0.1, 0.15) is 0 Å². The summed E-state index contributed by atoms with van der Waals surface area (Å²) >= 11 is 0. The van der Waals surface area contributed by atoms with Gasteiger partial charge in [-0.15, -0.1) is 0 Å². The lowest BCUT2D eigenvalue weighted by Crippen LogP contribution is -2.17. The highest BCUT2D eigenvalue weighted by Gasteiger charge is 2.15. The number of hydrogen-bond donors (Lipinski definition) is 1. The fraction of sp³-hybridized carbons (Fsp3) is 0.214. The third-order valence-electron chi connectivity index (χ3n) is 2.99. The summed E-state index contributed by atoms with van der Waals surface area (Å²) in [6.07, 6.45) is 5.07. The van der Waals surface area contributed by atoms with Gasteiger partial charge in [-0.3, -0.25) is 9.48 Å². The summed E-state index contributed by atoms with van der Waals surface area (Å²) in [5.74, 6) is 0.894. The Balaban J connectivity index is 1.63. The molecule has 0 radical (unpaired) electrons. The average Bonchev–Trinajstić information content (AvgIpc) is 3.14. The molecule has 7 heteroatoms. The maximum atomic E-state index is 12.0. The van der Waals surface area contributed by atoms with Gasteiger partial charge in [-0.1, -0.05) is 0 Å². The molecule has 1 aromatic heterocycles. The predicted molar refractivity (Wildman–Crippen MR) is 75.5 cm³/mol. The Morgan fingerprint density at radius 1 is 1.48 bits per heavy atom. The summed E-state index contributed by atoms with van der Waals surface area (Å²) in [6.45, 7) is 2.96. The van der Waals surface area contributed by atoms with E-state index in [0.29, 0.717) is 17.1 Å². The molecule has 3 rings (SSSR count). The molecule has 7 nitrogen and oxygen atoms in total. The summed E-state index contributed by atoms with van der Waals surface area (Å²) in [7, 11) is 0. The number of rotatable bonds is 4. The van der Waals surface area contributed by atoms with Crippen LogP contribution in [0.3, 0.4) is 0 Å². The number of hydrazone groups is 1. The molecule has 1 aromatic carbocycles. The lowest BCUT2D eigenvalue weighted by molar-refractivity contribution is 0.0954. The standard InChI is InChI=1S/C14H14N4O3/c1-2-18-8-10(7-16-18)6-15-17-14(19)11-3-4-12-13(5-11)21-9-20-12/h3-8H,2,9H2,1H3,(H,17,19)/b15-6-. The molecule has 1 aliphatic rings. The van der Waals surface area contributed by atoms with Crippen molar-refractivity contribution in [3.63, 3.8) is 0 Å². The van der Waals surface area contributed by atoms with Crippen LogP contribution in [0.2, 0.25) is 0 Å². The van der Waals surface area contributed by atoms with Crippen LogP contribution in [-0.4, -0.2) is 28.7 Å². The number of fused-ring (bicyclic) bond motifs is 1. The first-order valence-electron chi connectivity index (χ1n) is 6.52. The molecule has 0 bridgehead atoms. The first-order valence-corrected chi connectivity index (χ1v) is 6.52. The van der Waals surface area contributed by atoms with Crippen LogP contribution in [0, 0.1) is 0 Å². The van der Waals surface area contributed by atoms with Gasteiger partial charge in [0, 0.05) is 23.9 Å². The van der Waals surface area contributed by atoms with Crippen molar-refractivity contribution >= 4 is 12.1 Å². The molecule has 0 spiro atoms. The van der Waals surface area contributed by atoms with E-state index in [1.807, 2.05) is 13.1 Å². The maximum Gasteiger partial charge on any atom is 0.271 e. The van der Waals surface area contributed by atoms with Gasteiger partial charge in [0.15, 0.2) is 11.5 Å². The highest BCUT2D eigenvalue weighted by atomic mass is 16.7. The monoisotopic (exact) mass is 286 g/mol. The van der Waals surface area contributed by atoms with Gasteiger partial charge in [-0.05, 0) is 25.1 Å². The summed E-state index contributed by atoms with van der Waals surface area (Å²) < 4.78 is 12.2. The third kappa shape index (κ3) is 2.86. The van der Waals surface area contributed by atoms with E-state index in [1.165, 1.54) is 0 Å². The van der Waals surface area contributed by atoms with E-state index < -0.39 is 0 Å². The van der Waals surface area contributed by atoms with Gasteiger partial charge >= 0.3 is 0 Å².